The summed E-state index contributed by atoms with van der Waals surface area (Å²) in [7, 11) is -2.27. The van der Waals surface area contributed by atoms with Gasteiger partial charge in [-0.3, -0.25) is 0 Å². The normalized spacial score (nSPS) is 12.3. The first-order valence-corrected chi connectivity index (χ1v) is 11.3. The number of benzene rings is 2. The zero-order chi connectivity index (χ0) is 21.3. The summed E-state index contributed by atoms with van der Waals surface area (Å²) in [5.41, 5.74) is 0. The Morgan fingerprint density at radius 2 is 1.34 bits per heavy atom. The molecule has 0 heterocycles. The summed E-state index contributed by atoms with van der Waals surface area (Å²) >= 11 is 0. The lowest BCUT2D eigenvalue weighted by Crippen LogP contribution is -2.42. The Bertz CT molecular complexity index is 757. The van der Waals surface area contributed by atoms with Gasteiger partial charge in [0.1, 0.15) is 17.3 Å². The maximum absolute atomic E-state index is 13.8. The van der Waals surface area contributed by atoms with Crippen LogP contribution in [0, 0.1) is 0 Å². The highest BCUT2D eigenvalue weighted by Crippen LogP contribution is 2.50. The van der Waals surface area contributed by atoms with Gasteiger partial charge in [0.25, 0.3) is 0 Å². The Hall–Kier alpha value is -2.30. The molecule has 0 radical (unpaired) electrons. The van der Waals surface area contributed by atoms with Crippen LogP contribution in [-0.2, 0) is 9.30 Å². The molecule has 29 heavy (non-hydrogen) atoms. The number of ether oxygens (including phenoxy) is 1. The van der Waals surface area contributed by atoms with Crippen LogP contribution in [0.2, 0.25) is 0 Å². The van der Waals surface area contributed by atoms with Crippen molar-refractivity contribution in [3.63, 3.8) is 0 Å². The quantitative estimate of drug-likeness (QED) is 0.277. The minimum atomic E-state index is -3.90. The molecule has 6 nitrogen and oxygen atoms in total. The second-order valence-electron chi connectivity index (χ2n) is 7.13. The summed E-state index contributed by atoms with van der Waals surface area (Å²) in [4.78, 5) is 2.11. The van der Waals surface area contributed by atoms with Crippen molar-refractivity contribution < 1.29 is 18.3 Å². The summed E-state index contributed by atoms with van der Waals surface area (Å²) in [5.74, 6) is 1.50. The van der Waals surface area contributed by atoms with Gasteiger partial charge in [-0.25, -0.2) is 4.57 Å². The van der Waals surface area contributed by atoms with Crippen LogP contribution >= 0.6 is 7.75 Å². The fraction of sp³-hybridized carbons (Fsp3) is 0.409. The maximum atomic E-state index is 13.8. The lowest BCUT2D eigenvalue weighted by molar-refractivity contribution is 0.199. The zero-order valence-corrected chi connectivity index (χ0v) is 18.7. The van der Waals surface area contributed by atoms with E-state index in [0.29, 0.717) is 30.4 Å². The summed E-state index contributed by atoms with van der Waals surface area (Å²) in [5, 5.41) is 0. The van der Waals surface area contributed by atoms with E-state index in [9.17, 15) is 4.57 Å². The topological polar surface area (TPSA) is 60.4 Å². The third-order valence-corrected chi connectivity index (χ3v) is 5.47. The van der Waals surface area contributed by atoms with Crippen LogP contribution in [-0.4, -0.2) is 36.5 Å². The van der Waals surface area contributed by atoms with Gasteiger partial charge in [-0.1, -0.05) is 36.4 Å². The van der Waals surface area contributed by atoms with Crippen molar-refractivity contribution in [2.45, 2.75) is 46.2 Å². The standard InChI is InChI=1S/C22H31N2O4P/c1-18(2)24(19(3)4)22(16-17-26-5)23-29(25,27-20-12-8-6-9-13-20)28-21-14-10-7-11-15-21/h6-15,18-19H,16-17H2,1-5H3/b23-22-. The minimum absolute atomic E-state index is 0.160. The Balaban J connectivity index is 2.48. The van der Waals surface area contributed by atoms with Gasteiger partial charge in [-0.2, -0.15) is 0 Å². The molecule has 0 fully saturated rings. The summed E-state index contributed by atoms with van der Waals surface area (Å²) in [6.45, 7) is 8.74. The van der Waals surface area contributed by atoms with Crippen LogP contribution in [0.3, 0.4) is 0 Å². The fourth-order valence-electron chi connectivity index (χ4n) is 3.05. The van der Waals surface area contributed by atoms with Crippen LogP contribution in [0.15, 0.2) is 65.4 Å². The molecule has 0 aromatic heterocycles. The van der Waals surface area contributed by atoms with Gasteiger partial charge < -0.3 is 18.7 Å². The Kier molecular flexibility index (Phi) is 8.74. The van der Waals surface area contributed by atoms with E-state index in [1.54, 1.807) is 31.4 Å². The molecule has 158 valence electrons. The van der Waals surface area contributed by atoms with Gasteiger partial charge in [-0.15, -0.1) is 4.76 Å². The Morgan fingerprint density at radius 1 is 0.897 bits per heavy atom. The third-order valence-electron chi connectivity index (χ3n) is 4.11. The zero-order valence-electron chi connectivity index (χ0n) is 17.8. The van der Waals surface area contributed by atoms with Crippen LogP contribution in [0.25, 0.3) is 0 Å². The molecular formula is C22H31N2O4P. The minimum Gasteiger partial charge on any atom is -0.399 e. The summed E-state index contributed by atoms with van der Waals surface area (Å²) in [6, 6.07) is 18.2. The smallest absolute Gasteiger partial charge is 0.399 e. The highest BCUT2D eigenvalue weighted by molar-refractivity contribution is 7.53. The third kappa shape index (κ3) is 7.22. The number of nitrogens with zero attached hydrogens (tertiary/aromatic N) is 2. The number of methoxy groups -OCH3 is 1. The van der Waals surface area contributed by atoms with Crippen molar-refractivity contribution in [3.8, 4) is 11.5 Å². The van der Waals surface area contributed by atoms with Crippen LogP contribution in [0.5, 0.6) is 11.5 Å². The maximum Gasteiger partial charge on any atom is 0.564 e. The molecule has 0 amide bonds. The summed E-state index contributed by atoms with van der Waals surface area (Å²) < 4.78 is 35.2. The van der Waals surface area contributed by atoms with Crippen LogP contribution in [0.1, 0.15) is 34.1 Å². The molecule has 7 heteroatoms. The molecule has 0 aliphatic carbocycles. The van der Waals surface area contributed by atoms with E-state index in [2.05, 4.69) is 37.4 Å². The predicted octanol–water partition coefficient (Wildman–Crippen LogP) is 5.81. The molecule has 0 spiro atoms. The summed E-state index contributed by atoms with van der Waals surface area (Å²) in [6.07, 6.45) is 0.493. The van der Waals surface area contributed by atoms with Gasteiger partial charge in [-0.05, 0) is 52.0 Å². The fourth-order valence-corrected chi connectivity index (χ4v) is 4.43. The molecule has 0 bridgehead atoms. The molecule has 2 aromatic rings. The number of rotatable bonds is 10. The van der Waals surface area contributed by atoms with E-state index < -0.39 is 7.75 Å². The molecule has 2 aromatic carbocycles. The highest BCUT2D eigenvalue weighted by atomic mass is 31.2. The number of para-hydroxylation sites is 2. The molecule has 0 saturated carbocycles. The first kappa shape index (κ1) is 23.0. The van der Waals surface area contributed by atoms with Crippen LogP contribution in [0.4, 0.5) is 0 Å². The van der Waals surface area contributed by atoms with E-state index in [1.165, 1.54) is 0 Å². The van der Waals surface area contributed by atoms with Crippen molar-refractivity contribution in [3.05, 3.63) is 60.7 Å². The van der Waals surface area contributed by atoms with E-state index in [0.717, 1.165) is 0 Å². The second kappa shape index (κ2) is 11.0. The largest absolute Gasteiger partial charge is 0.564 e. The molecule has 0 N–H and O–H groups in total. The molecule has 0 aliphatic rings. The van der Waals surface area contributed by atoms with Crippen molar-refractivity contribution in [2.75, 3.05) is 13.7 Å². The van der Waals surface area contributed by atoms with Gasteiger partial charge in [0.2, 0.25) is 0 Å². The predicted molar refractivity (Wildman–Crippen MR) is 118 cm³/mol. The van der Waals surface area contributed by atoms with E-state index in [4.69, 9.17) is 13.8 Å². The second-order valence-corrected chi connectivity index (χ2v) is 8.63. The van der Waals surface area contributed by atoms with E-state index in [1.807, 2.05) is 36.4 Å². The van der Waals surface area contributed by atoms with Crippen molar-refractivity contribution in [2.24, 2.45) is 4.76 Å². The van der Waals surface area contributed by atoms with Crippen molar-refractivity contribution in [1.29, 1.82) is 0 Å². The van der Waals surface area contributed by atoms with Crippen molar-refractivity contribution in [1.82, 2.24) is 4.90 Å². The number of hydrogen-bond acceptors (Lipinski definition) is 4. The molecule has 2 rings (SSSR count). The lowest BCUT2D eigenvalue weighted by Gasteiger charge is -2.34. The van der Waals surface area contributed by atoms with Crippen LogP contribution < -0.4 is 9.05 Å². The first-order chi connectivity index (χ1) is 13.8. The Labute approximate surface area is 174 Å². The number of amidine groups is 1. The molecule has 0 aliphatic heterocycles. The Morgan fingerprint density at radius 3 is 1.72 bits per heavy atom. The average Bonchev–Trinajstić information content (AvgIpc) is 2.66. The van der Waals surface area contributed by atoms with Gasteiger partial charge in [0.15, 0.2) is 0 Å². The van der Waals surface area contributed by atoms with Crippen molar-refractivity contribution >= 4 is 13.6 Å². The number of hydrogen-bond donors (Lipinski definition) is 0. The van der Waals surface area contributed by atoms with E-state index in [-0.39, 0.29) is 12.1 Å². The highest BCUT2D eigenvalue weighted by Gasteiger charge is 2.31. The van der Waals surface area contributed by atoms with Gasteiger partial charge in [0, 0.05) is 25.6 Å². The van der Waals surface area contributed by atoms with Gasteiger partial charge >= 0.3 is 7.75 Å². The molecule has 0 unspecified atom stereocenters. The van der Waals surface area contributed by atoms with E-state index >= 15 is 0 Å². The molecule has 0 atom stereocenters. The SMILES string of the molecule is COCC/C(=N/P(=O)(Oc1ccccc1)Oc1ccccc1)N(C(C)C)C(C)C. The lowest BCUT2D eigenvalue weighted by atomic mass is 10.2. The molecular weight excluding hydrogens is 387 g/mol. The monoisotopic (exact) mass is 418 g/mol. The average molecular weight is 418 g/mol. The van der Waals surface area contributed by atoms with Gasteiger partial charge in [0.05, 0.1) is 6.61 Å². The first-order valence-electron chi connectivity index (χ1n) is 9.80. The molecule has 0 saturated heterocycles.